The summed E-state index contributed by atoms with van der Waals surface area (Å²) < 4.78 is 6.29. The summed E-state index contributed by atoms with van der Waals surface area (Å²) in [6.45, 7) is 6.32. The summed E-state index contributed by atoms with van der Waals surface area (Å²) >= 11 is 6.23. The molecule has 0 amide bonds. The standard InChI is InChI=1S/C25H29ClN2O/c1-2-3-4-6-15-28-16-7-5-8-21-18-23(26)11-10-22(21)19-29-25-12-9-20(13-14-27)17-24(25)28/h2,9-12,17-18H,1,3-8,13,15-16,19H2. The zero-order valence-electron chi connectivity index (χ0n) is 17.0. The summed E-state index contributed by atoms with van der Waals surface area (Å²) in [6, 6.07) is 14.5. The highest BCUT2D eigenvalue weighted by Gasteiger charge is 2.16. The highest BCUT2D eigenvalue weighted by molar-refractivity contribution is 6.30. The Hall–Kier alpha value is -2.44. The first-order valence-electron chi connectivity index (χ1n) is 10.5. The molecular formula is C25H29ClN2O. The van der Waals surface area contributed by atoms with Gasteiger partial charge in [-0.05, 0) is 79.5 Å². The quantitative estimate of drug-likeness (QED) is 0.405. The number of benzene rings is 2. The molecule has 0 N–H and O–H groups in total. The monoisotopic (exact) mass is 408 g/mol. The third-order valence-electron chi connectivity index (χ3n) is 5.41. The first-order chi connectivity index (χ1) is 14.2. The van der Waals surface area contributed by atoms with Crippen molar-refractivity contribution in [3.05, 3.63) is 70.8 Å². The molecule has 2 aromatic carbocycles. The van der Waals surface area contributed by atoms with Crippen molar-refractivity contribution >= 4 is 17.3 Å². The van der Waals surface area contributed by atoms with Crippen LogP contribution in [-0.2, 0) is 19.4 Å². The van der Waals surface area contributed by atoms with E-state index in [4.69, 9.17) is 21.6 Å². The maximum atomic E-state index is 9.13. The van der Waals surface area contributed by atoms with Gasteiger partial charge in [0.2, 0.25) is 0 Å². The van der Waals surface area contributed by atoms with Gasteiger partial charge >= 0.3 is 0 Å². The zero-order chi connectivity index (χ0) is 20.5. The molecule has 1 aliphatic rings. The Bertz CT molecular complexity index is 872. The Morgan fingerprint density at radius 1 is 1.14 bits per heavy atom. The van der Waals surface area contributed by atoms with Crippen molar-refractivity contribution in [2.45, 2.75) is 51.6 Å². The highest BCUT2D eigenvalue weighted by Crippen LogP contribution is 2.33. The maximum absolute atomic E-state index is 9.13. The van der Waals surface area contributed by atoms with Crippen LogP contribution in [0.5, 0.6) is 5.75 Å². The first-order valence-corrected chi connectivity index (χ1v) is 10.8. The Morgan fingerprint density at radius 3 is 2.86 bits per heavy atom. The fourth-order valence-electron chi connectivity index (χ4n) is 3.82. The first kappa shape index (κ1) is 21.3. The minimum atomic E-state index is 0.416. The van der Waals surface area contributed by atoms with E-state index in [2.05, 4.69) is 35.7 Å². The van der Waals surface area contributed by atoms with Gasteiger partial charge in [0.15, 0.2) is 0 Å². The molecule has 0 bridgehead atoms. The van der Waals surface area contributed by atoms with E-state index in [1.165, 1.54) is 11.1 Å². The Labute approximate surface area is 179 Å². The molecule has 0 saturated heterocycles. The molecule has 1 aliphatic heterocycles. The fraction of sp³-hybridized carbons (Fsp3) is 0.400. The van der Waals surface area contributed by atoms with E-state index in [9.17, 15) is 0 Å². The number of anilines is 1. The van der Waals surface area contributed by atoms with Crippen LogP contribution in [0.15, 0.2) is 49.1 Å². The number of fused-ring (bicyclic) bond motifs is 2. The van der Waals surface area contributed by atoms with E-state index in [0.717, 1.165) is 73.6 Å². The largest absolute Gasteiger partial charge is 0.487 e. The third kappa shape index (κ3) is 6.02. The predicted octanol–water partition coefficient (Wildman–Crippen LogP) is 6.48. The summed E-state index contributed by atoms with van der Waals surface area (Å²) in [5, 5.41) is 9.91. The molecular weight excluding hydrogens is 380 g/mol. The molecule has 2 aromatic rings. The topological polar surface area (TPSA) is 36.3 Å². The van der Waals surface area contributed by atoms with E-state index < -0.39 is 0 Å². The Balaban J connectivity index is 1.89. The van der Waals surface area contributed by atoms with Gasteiger partial charge in [-0.15, -0.1) is 6.58 Å². The second kappa shape index (κ2) is 10.9. The number of nitrogens with zero attached hydrogens (tertiary/aromatic N) is 2. The van der Waals surface area contributed by atoms with Crippen molar-refractivity contribution in [3.8, 4) is 11.8 Å². The molecule has 3 rings (SSSR count). The van der Waals surface area contributed by atoms with E-state index in [0.29, 0.717) is 13.0 Å². The van der Waals surface area contributed by atoms with Crippen LogP contribution >= 0.6 is 11.6 Å². The van der Waals surface area contributed by atoms with Gasteiger partial charge in [0.05, 0.1) is 18.2 Å². The minimum Gasteiger partial charge on any atom is -0.487 e. The molecule has 0 aliphatic carbocycles. The average molecular weight is 409 g/mol. The lowest BCUT2D eigenvalue weighted by molar-refractivity contribution is 0.305. The lowest BCUT2D eigenvalue weighted by Crippen LogP contribution is -2.26. The highest BCUT2D eigenvalue weighted by atomic mass is 35.5. The number of hydrogen-bond donors (Lipinski definition) is 0. The number of unbranched alkanes of at least 4 members (excludes halogenated alkanes) is 2. The molecule has 0 atom stereocenters. The number of halogens is 1. The summed E-state index contributed by atoms with van der Waals surface area (Å²) in [4.78, 5) is 2.43. The van der Waals surface area contributed by atoms with Crippen molar-refractivity contribution in [2.75, 3.05) is 18.0 Å². The minimum absolute atomic E-state index is 0.416. The molecule has 0 radical (unpaired) electrons. The molecule has 0 fully saturated rings. The van der Waals surface area contributed by atoms with Crippen molar-refractivity contribution in [3.63, 3.8) is 0 Å². The van der Waals surface area contributed by atoms with Crippen LogP contribution in [0.3, 0.4) is 0 Å². The summed E-state index contributed by atoms with van der Waals surface area (Å²) in [7, 11) is 0. The van der Waals surface area contributed by atoms with Gasteiger partial charge in [0.25, 0.3) is 0 Å². The van der Waals surface area contributed by atoms with E-state index >= 15 is 0 Å². The van der Waals surface area contributed by atoms with Gasteiger partial charge in [0, 0.05) is 18.1 Å². The number of ether oxygens (including phenoxy) is 1. The molecule has 4 heteroatoms. The van der Waals surface area contributed by atoms with Crippen LogP contribution in [0.1, 0.15) is 48.8 Å². The molecule has 1 heterocycles. The van der Waals surface area contributed by atoms with Gasteiger partial charge in [-0.3, -0.25) is 0 Å². The van der Waals surface area contributed by atoms with Gasteiger partial charge in [0.1, 0.15) is 12.4 Å². The maximum Gasteiger partial charge on any atom is 0.143 e. The van der Waals surface area contributed by atoms with E-state index in [1.54, 1.807) is 0 Å². The van der Waals surface area contributed by atoms with Crippen LogP contribution in [0.2, 0.25) is 5.02 Å². The number of allylic oxidation sites excluding steroid dienone is 1. The second-order valence-corrected chi connectivity index (χ2v) is 8.00. The van der Waals surface area contributed by atoms with E-state index in [-0.39, 0.29) is 0 Å². The van der Waals surface area contributed by atoms with Crippen LogP contribution in [0, 0.1) is 11.3 Å². The van der Waals surface area contributed by atoms with E-state index in [1.807, 2.05) is 24.3 Å². The smallest absolute Gasteiger partial charge is 0.143 e. The van der Waals surface area contributed by atoms with Gasteiger partial charge < -0.3 is 9.64 Å². The average Bonchev–Trinajstić information content (AvgIpc) is 2.75. The predicted molar refractivity (Wildman–Crippen MR) is 121 cm³/mol. The summed E-state index contributed by atoms with van der Waals surface area (Å²) in [5.41, 5.74) is 4.61. The SMILES string of the molecule is C=CCCCCN1CCCCc2cc(Cl)ccc2COc2ccc(CC#N)cc21. The molecule has 3 nitrogen and oxygen atoms in total. The van der Waals surface area contributed by atoms with Crippen LogP contribution < -0.4 is 9.64 Å². The summed E-state index contributed by atoms with van der Waals surface area (Å²) in [6.07, 6.45) is 8.93. The third-order valence-corrected chi connectivity index (χ3v) is 5.64. The van der Waals surface area contributed by atoms with Crippen LogP contribution in [0.25, 0.3) is 0 Å². The lowest BCUT2D eigenvalue weighted by atomic mass is 10.0. The molecule has 29 heavy (non-hydrogen) atoms. The van der Waals surface area contributed by atoms with Crippen molar-refractivity contribution in [1.82, 2.24) is 0 Å². The number of rotatable bonds is 6. The number of aryl methyl sites for hydroxylation is 1. The van der Waals surface area contributed by atoms with Crippen LogP contribution in [0.4, 0.5) is 5.69 Å². The van der Waals surface area contributed by atoms with Gasteiger partial charge in [-0.25, -0.2) is 0 Å². The normalized spacial score (nSPS) is 14.0. The number of hydrogen-bond acceptors (Lipinski definition) is 3. The molecule has 0 saturated carbocycles. The molecule has 0 spiro atoms. The molecule has 152 valence electrons. The van der Waals surface area contributed by atoms with Gasteiger partial charge in [-0.2, -0.15) is 5.26 Å². The Kier molecular flexibility index (Phi) is 8.02. The number of nitriles is 1. The fourth-order valence-corrected chi connectivity index (χ4v) is 4.01. The lowest BCUT2D eigenvalue weighted by Gasteiger charge is -2.27. The molecule has 0 unspecified atom stereocenters. The van der Waals surface area contributed by atoms with Crippen molar-refractivity contribution in [2.24, 2.45) is 0 Å². The zero-order valence-corrected chi connectivity index (χ0v) is 17.8. The van der Waals surface area contributed by atoms with Crippen molar-refractivity contribution < 1.29 is 4.74 Å². The Morgan fingerprint density at radius 2 is 2.03 bits per heavy atom. The van der Waals surface area contributed by atoms with Gasteiger partial charge in [-0.1, -0.05) is 29.8 Å². The second-order valence-electron chi connectivity index (χ2n) is 7.57. The van der Waals surface area contributed by atoms with Crippen LogP contribution in [-0.4, -0.2) is 13.1 Å². The summed E-state index contributed by atoms with van der Waals surface area (Å²) in [5.74, 6) is 0.887. The van der Waals surface area contributed by atoms with Crippen molar-refractivity contribution in [1.29, 1.82) is 5.26 Å². The molecule has 0 aromatic heterocycles.